The van der Waals surface area contributed by atoms with Crippen molar-refractivity contribution < 1.29 is 17.6 Å². The van der Waals surface area contributed by atoms with Gasteiger partial charge in [-0.3, -0.25) is 4.79 Å². The molecule has 4 nitrogen and oxygen atoms in total. The third kappa shape index (κ3) is 5.03. The molecule has 0 aromatic heterocycles. The van der Waals surface area contributed by atoms with Gasteiger partial charge in [0, 0.05) is 19.5 Å². The summed E-state index contributed by atoms with van der Waals surface area (Å²) in [5.41, 5.74) is 0.622. The summed E-state index contributed by atoms with van der Waals surface area (Å²) in [5.74, 6) is -0.0239. The normalized spacial score (nSPS) is 21.1. The van der Waals surface area contributed by atoms with Crippen LogP contribution in [0.1, 0.15) is 25.3 Å². The Morgan fingerprint density at radius 1 is 1.39 bits per heavy atom. The Balaban J connectivity index is 1.83. The second-order valence-electron chi connectivity index (χ2n) is 6.52. The van der Waals surface area contributed by atoms with Crippen molar-refractivity contribution >= 4 is 15.7 Å². The first-order valence-corrected chi connectivity index (χ1v) is 9.79. The lowest BCUT2D eigenvalue weighted by Gasteiger charge is -2.24. The Morgan fingerprint density at radius 3 is 2.70 bits per heavy atom. The summed E-state index contributed by atoms with van der Waals surface area (Å²) >= 11 is 0. The van der Waals surface area contributed by atoms with Gasteiger partial charge in [-0.05, 0) is 36.8 Å². The minimum absolute atomic E-state index is 0.00867. The van der Waals surface area contributed by atoms with Gasteiger partial charge in [0.25, 0.3) is 0 Å². The molecule has 1 aliphatic rings. The number of benzene rings is 1. The maximum atomic E-state index is 13.6. The standard InChI is InChI=1S/C17H24FNO3S/c1-13(7-8-15-5-3-4-6-16(15)18)17(20)19(2)11-14-9-10-23(21,22)12-14/h3-6,13-14H,7-12H2,1-2H3/t13-,14-/m0/s1. The maximum Gasteiger partial charge on any atom is 0.225 e. The van der Waals surface area contributed by atoms with Crippen LogP contribution in [0.3, 0.4) is 0 Å². The van der Waals surface area contributed by atoms with Crippen molar-refractivity contribution in [1.82, 2.24) is 4.90 Å². The van der Waals surface area contributed by atoms with E-state index in [2.05, 4.69) is 0 Å². The first-order chi connectivity index (χ1) is 10.8. The summed E-state index contributed by atoms with van der Waals surface area (Å²) in [6.45, 7) is 2.31. The number of sulfone groups is 1. The van der Waals surface area contributed by atoms with Crippen molar-refractivity contribution in [2.45, 2.75) is 26.2 Å². The van der Waals surface area contributed by atoms with Crippen molar-refractivity contribution in [1.29, 1.82) is 0 Å². The molecule has 0 N–H and O–H groups in total. The van der Waals surface area contributed by atoms with E-state index < -0.39 is 9.84 Å². The molecule has 6 heteroatoms. The average Bonchev–Trinajstić information content (AvgIpc) is 2.84. The lowest BCUT2D eigenvalue weighted by atomic mass is 9.99. The number of carbonyl (C=O) groups excluding carboxylic acids is 1. The number of rotatable bonds is 6. The maximum absolute atomic E-state index is 13.6. The molecule has 2 atom stereocenters. The number of aryl methyl sites for hydroxylation is 1. The Bertz CT molecular complexity index is 660. The van der Waals surface area contributed by atoms with E-state index in [1.54, 1.807) is 30.1 Å². The fourth-order valence-electron chi connectivity index (χ4n) is 3.07. The van der Waals surface area contributed by atoms with E-state index >= 15 is 0 Å². The number of hydrogen-bond donors (Lipinski definition) is 0. The molecule has 2 rings (SSSR count). The SMILES string of the molecule is C[C@@H](CCc1ccccc1F)C(=O)N(C)C[C@@H]1CCS(=O)(=O)C1. The minimum atomic E-state index is -2.92. The highest BCUT2D eigenvalue weighted by molar-refractivity contribution is 7.91. The molecule has 1 heterocycles. The molecular weight excluding hydrogens is 317 g/mol. The summed E-state index contributed by atoms with van der Waals surface area (Å²) in [6, 6.07) is 6.60. The van der Waals surface area contributed by atoms with E-state index in [4.69, 9.17) is 0 Å². The first kappa shape index (κ1) is 17.9. The van der Waals surface area contributed by atoms with Crippen LogP contribution in [-0.2, 0) is 21.1 Å². The molecule has 0 unspecified atom stereocenters. The van der Waals surface area contributed by atoms with Crippen LogP contribution < -0.4 is 0 Å². The number of carbonyl (C=O) groups is 1. The quantitative estimate of drug-likeness (QED) is 0.798. The average molecular weight is 341 g/mol. The molecular formula is C17H24FNO3S. The Morgan fingerprint density at radius 2 is 2.09 bits per heavy atom. The van der Waals surface area contributed by atoms with E-state index in [-0.39, 0.29) is 35.1 Å². The van der Waals surface area contributed by atoms with Gasteiger partial charge in [-0.25, -0.2) is 12.8 Å². The van der Waals surface area contributed by atoms with Gasteiger partial charge in [0.1, 0.15) is 5.82 Å². The zero-order valence-corrected chi connectivity index (χ0v) is 14.5. The number of halogens is 1. The van der Waals surface area contributed by atoms with Crippen LogP contribution in [0, 0.1) is 17.7 Å². The molecule has 1 aromatic rings. The van der Waals surface area contributed by atoms with Gasteiger partial charge in [-0.15, -0.1) is 0 Å². The van der Waals surface area contributed by atoms with Crippen molar-refractivity contribution in [3.05, 3.63) is 35.6 Å². The van der Waals surface area contributed by atoms with Crippen LogP contribution in [-0.4, -0.2) is 44.3 Å². The smallest absolute Gasteiger partial charge is 0.225 e. The van der Waals surface area contributed by atoms with Crippen LogP contribution >= 0.6 is 0 Å². The fraction of sp³-hybridized carbons (Fsp3) is 0.588. The molecule has 0 bridgehead atoms. The van der Waals surface area contributed by atoms with Gasteiger partial charge < -0.3 is 4.90 Å². The van der Waals surface area contributed by atoms with Crippen LogP contribution in [0.4, 0.5) is 4.39 Å². The molecule has 0 radical (unpaired) electrons. The predicted octanol–water partition coefficient (Wildman–Crippen LogP) is 2.29. The lowest BCUT2D eigenvalue weighted by molar-refractivity contribution is -0.134. The zero-order chi connectivity index (χ0) is 17.0. The Hall–Kier alpha value is -1.43. The highest BCUT2D eigenvalue weighted by atomic mass is 32.2. The summed E-state index contributed by atoms with van der Waals surface area (Å²) in [5, 5.41) is 0. The lowest BCUT2D eigenvalue weighted by Crippen LogP contribution is -2.36. The van der Waals surface area contributed by atoms with Gasteiger partial charge in [0.15, 0.2) is 9.84 Å². The second kappa shape index (κ2) is 7.43. The van der Waals surface area contributed by atoms with Crippen molar-refractivity contribution in [3.8, 4) is 0 Å². The summed E-state index contributed by atoms with van der Waals surface area (Å²) in [7, 11) is -1.20. The summed E-state index contributed by atoms with van der Waals surface area (Å²) in [6.07, 6.45) is 1.72. The van der Waals surface area contributed by atoms with E-state index in [0.717, 1.165) is 0 Å². The van der Waals surface area contributed by atoms with E-state index in [0.29, 0.717) is 31.4 Å². The highest BCUT2D eigenvalue weighted by Gasteiger charge is 2.30. The Kier molecular flexibility index (Phi) is 5.79. The molecule has 128 valence electrons. The first-order valence-electron chi connectivity index (χ1n) is 7.97. The molecule has 1 amide bonds. The van der Waals surface area contributed by atoms with E-state index in [1.165, 1.54) is 6.07 Å². The van der Waals surface area contributed by atoms with Gasteiger partial charge >= 0.3 is 0 Å². The molecule has 23 heavy (non-hydrogen) atoms. The van der Waals surface area contributed by atoms with Crippen LogP contribution in [0.25, 0.3) is 0 Å². The van der Waals surface area contributed by atoms with Crippen LogP contribution in [0.5, 0.6) is 0 Å². The molecule has 0 aliphatic carbocycles. The molecule has 1 aromatic carbocycles. The number of hydrogen-bond acceptors (Lipinski definition) is 3. The van der Waals surface area contributed by atoms with E-state index in [9.17, 15) is 17.6 Å². The number of nitrogens with zero attached hydrogens (tertiary/aromatic N) is 1. The van der Waals surface area contributed by atoms with Crippen LogP contribution in [0.2, 0.25) is 0 Å². The molecule has 0 saturated carbocycles. The Labute approximate surface area is 137 Å². The third-order valence-electron chi connectivity index (χ3n) is 4.46. The van der Waals surface area contributed by atoms with Crippen molar-refractivity contribution in [2.24, 2.45) is 11.8 Å². The molecule has 1 aliphatic heterocycles. The zero-order valence-electron chi connectivity index (χ0n) is 13.7. The second-order valence-corrected chi connectivity index (χ2v) is 8.75. The van der Waals surface area contributed by atoms with Gasteiger partial charge in [0.2, 0.25) is 5.91 Å². The molecule has 1 fully saturated rings. The summed E-state index contributed by atoms with van der Waals surface area (Å²) < 4.78 is 36.5. The molecule has 0 spiro atoms. The fourth-order valence-corrected chi connectivity index (χ4v) is 4.92. The third-order valence-corrected chi connectivity index (χ3v) is 6.30. The van der Waals surface area contributed by atoms with Crippen LogP contribution in [0.15, 0.2) is 24.3 Å². The predicted molar refractivity (Wildman–Crippen MR) is 88.3 cm³/mol. The number of amides is 1. The van der Waals surface area contributed by atoms with Gasteiger partial charge in [0.05, 0.1) is 11.5 Å². The van der Waals surface area contributed by atoms with Crippen molar-refractivity contribution in [2.75, 3.05) is 25.1 Å². The topological polar surface area (TPSA) is 54.5 Å². The summed E-state index contributed by atoms with van der Waals surface area (Å²) in [4.78, 5) is 14.0. The minimum Gasteiger partial charge on any atom is -0.345 e. The van der Waals surface area contributed by atoms with Crippen molar-refractivity contribution in [3.63, 3.8) is 0 Å². The van der Waals surface area contributed by atoms with Gasteiger partial charge in [-0.1, -0.05) is 25.1 Å². The largest absolute Gasteiger partial charge is 0.345 e. The highest BCUT2D eigenvalue weighted by Crippen LogP contribution is 2.20. The van der Waals surface area contributed by atoms with E-state index in [1.807, 2.05) is 6.92 Å². The van der Waals surface area contributed by atoms with Gasteiger partial charge in [-0.2, -0.15) is 0 Å². The monoisotopic (exact) mass is 341 g/mol. The molecule has 1 saturated heterocycles.